The molecule has 2 rings (SSSR count). The summed E-state index contributed by atoms with van der Waals surface area (Å²) in [5, 5.41) is 1.81. The van der Waals surface area contributed by atoms with E-state index in [0.717, 1.165) is 22.2 Å². The third-order valence-electron chi connectivity index (χ3n) is 3.07. The van der Waals surface area contributed by atoms with Gasteiger partial charge in [0.25, 0.3) is 0 Å². The summed E-state index contributed by atoms with van der Waals surface area (Å²) in [4.78, 5) is 12.0. The number of rotatable bonds is 7. The minimum absolute atomic E-state index is 0.142. The minimum atomic E-state index is -0.142. The van der Waals surface area contributed by atoms with E-state index in [0.29, 0.717) is 16.7 Å². The molecule has 0 N–H and O–H groups in total. The zero-order valence-electron chi connectivity index (χ0n) is 12.7. The van der Waals surface area contributed by atoms with Gasteiger partial charge < -0.3 is 4.74 Å². The van der Waals surface area contributed by atoms with Crippen molar-refractivity contribution in [1.29, 1.82) is 0 Å². The fraction of sp³-hybridized carbons (Fsp3) is 0.105. The zero-order chi connectivity index (χ0) is 17.4. The fourth-order valence-electron chi connectivity index (χ4n) is 1.93. The lowest BCUT2D eigenvalue weighted by Crippen LogP contribution is -1.99. The molecule has 0 saturated carbocycles. The van der Waals surface area contributed by atoms with E-state index < -0.39 is 0 Å². The van der Waals surface area contributed by atoms with Gasteiger partial charge in [0.2, 0.25) is 0 Å². The second kappa shape index (κ2) is 9.67. The maximum Gasteiger partial charge on any atom is 0.178 e. The quantitative estimate of drug-likeness (QED) is 0.397. The third-order valence-corrected chi connectivity index (χ3v) is 3.96. The standard InChI is InChI=1S/C19H15BrCl2O2/c20-11-12-24-19-4-2-1-3-15(19)7-10-17(23)9-6-14-5-8-16(21)13-18(14)22/h1-10,13H,11-12H2. The van der Waals surface area contributed by atoms with E-state index in [4.69, 9.17) is 27.9 Å². The van der Waals surface area contributed by atoms with Gasteiger partial charge in [-0.25, -0.2) is 0 Å². The summed E-state index contributed by atoms with van der Waals surface area (Å²) in [6.45, 7) is 0.563. The molecule has 0 aliphatic rings. The average molecular weight is 426 g/mol. The summed E-state index contributed by atoms with van der Waals surface area (Å²) in [6, 6.07) is 12.7. The summed E-state index contributed by atoms with van der Waals surface area (Å²) in [5.74, 6) is 0.599. The van der Waals surface area contributed by atoms with Gasteiger partial charge in [0, 0.05) is 20.9 Å². The molecule has 0 spiro atoms. The highest BCUT2D eigenvalue weighted by atomic mass is 79.9. The van der Waals surface area contributed by atoms with Crippen LogP contribution in [0.4, 0.5) is 0 Å². The number of ether oxygens (including phenoxy) is 1. The number of ketones is 1. The van der Waals surface area contributed by atoms with Gasteiger partial charge >= 0.3 is 0 Å². The molecule has 2 nitrogen and oxygen atoms in total. The van der Waals surface area contributed by atoms with Crippen molar-refractivity contribution in [1.82, 2.24) is 0 Å². The summed E-state index contributed by atoms with van der Waals surface area (Å²) in [7, 11) is 0. The Morgan fingerprint density at radius 1 is 1.04 bits per heavy atom. The van der Waals surface area contributed by atoms with Gasteiger partial charge in [-0.15, -0.1) is 0 Å². The van der Waals surface area contributed by atoms with Gasteiger partial charge in [0.15, 0.2) is 5.78 Å². The van der Waals surface area contributed by atoms with Crippen molar-refractivity contribution < 1.29 is 9.53 Å². The predicted molar refractivity (Wildman–Crippen MR) is 105 cm³/mol. The van der Waals surface area contributed by atoms with Crippen molar-refractivity contribution in [3.63, 3.8) is 0 Å². The van der Waals surface area contributed by atoms with E-state index in [-0.39, 0.29) is 5.78 Å². The molecule has 0 amide bonds. The lowest BCUT2D eigenvalue weighted by molar-refractivity contribution is -0.110. The number of allylic oxidation sites excluding steroid dienone is 2. The minimum Gasteiger partial charge on any atom is -0.492 e. The Bertz CT molecular complexity index is 770. The first-order chi connectivity index (χ1) is 11.6. The van der Waals surface area contributed by atoms with Crippen molar-refractivity contribution in [3.8, 4) is 5.75 Å². The first-order valence-corrected chi connectivity index (χ1v) is 9.11. The van der Waals surface area contributed by atoms with E-state index in [9.17, 15) is 4.79 Å². The van der Waals surface area contributed by atoms with E-state index >= 15 is 0 Å². The highest BCUT2D eigenvalue weighted by molar-refractivity contribution is 9.09. The lowest BCUT2D eigenvalue weighted by atomic mass is 10.1. The molecular weight excluding hydrogens is 411 g/mol. The Balaban J connectivity index is 2.06. The van der Waals surface area contributed by atoms with E-state index in [1.165, 1.54) is 12.2 Å². The van der Waals surface area contributed by atoms with E-state index in [1.807, 2.05) is 24.3 Å². The average Bonchev–Trinajstić information content (AvgIpc) is 2.58. The predicted octanol–water partition coefficient (Wildman–Crippen LogP) is 6.06. The van der Waals surface area contributed by atoms with Crippen LogP contribution in [0.5, 0.6) is 5.75 Å². The molecule has 24 heavy (non-hydrogen) atoms. The molecule has 0 atom stereocenters. The van der Waals surface area contributed by atoms with Crippen LogP contribution in [0.1, 0.15) is 11.1 Å². The molecule has 0 bridgehead atoms. The smallest absolute Gasteiger partial charge is 0.178 e. The molecule has 2 aromatic rings. The first-order valence-electron chi connectivity index (χ1n) is 7.23. The maximum atomic E-state index is 12.0. The number of carbonyl (C=O) groups is 1. The molecule has 0 aromatic heterocycles. The van der Waals surface area contributed by atoms with Crippen molar-refractivity contribution in [2.45, 2.75) is 0 Å². The van der Waals surface area contributed by atoms with Crippen LogP contribution in [0.2, 0.25) is 10.0 Å². The summed E-state index contributed by atoms with van der Waals surface area (Å²) < 4.78 is 5.62. The first kappa shape index (κ1) is 18.8. The van der Waals surface area contributed by atoms with E-state index in [2.05, 4.69) is 15.9 Å². The molecular formula is C19H15BrCl2O2. The molecule has 0 fully saturated rings. The number of halogens is 3. The molecule has 124 valence electrons. The summed E-state index contributed by atoms with van der Waals surface area (Å²) in [5.41, 5.74) is 1.59. The third kappa shape index (κ3) is 5.82. The Morgan fingerprint density at radius 2 is 1.75 bits per heavy atom. The summed E-state index contributed by atoms with van der Waals surface area (Å²) >= 11 is 15.2. The van der Waals surface area contributed by atoms with Gasteiger partial charge in [0.05, 0.1) is 6.61 Å². The molecule has 0 aliphatic carbocycles. The number of para-hydroxylation sites is 1. The van der Waals surface area contributed by atoms with Crippen molar-refractivity contribution in [3.05, 3.63) is 75.8 Å². The van der Waals surface area contributed by atoms with Gasteiger partial charge in [-0.1, -0.05) is 63.4 Å². The van der Waals surface area contributed by atoms with Crippen molar-refractivity contribution in [2.24, 2.45) is 0 Å². The Hall–Kier alpha value is -1.55. The van der Waals surface area contributed by atoms with Crippen LogP contribution in [-0.4, -0.2) is 17.7 Å². The zero-order valence-corrected chi connectivity index (χ0v) is 15.8. The Labute approximate surface area is 159 Å². The largest absolute Gasteiger partial charge is 0.492 e. The van der Waals surface area contributed by atoms with E-state index in [1.54, 1.807) is 30.4 Å². The lowest BCUT2D eigenvalue weighted by Gasteiger charge is -2.06. The van der Waals surface area contributed by atoms with Gasteiger partial charge in [-0.3, -0.25) is 4.79 Å². The molecule has 5 heteroatoms. The highest BCUT2D eigenvalue weighted by Crippen LogP contribution is 2.22. The second-order valence-corrected chi connectivity index (χ2v) is 6.45. The fourth-order valence-corrected chi connectivity index (χ4v) is 2.57. The van der Waals surface area contributed by atoms with Crippen LogP contribution in [0.25, 0.3) is 12.2 Å². The van der Waals surface area contributed by atoms with Crippen LogP contribution in [0.3, 0.4) is 0 Å². The Kier molecular flexibility index (Phi) is 7.57. The topological polar surface area (TPSA) is 26.3 Å². The second-order valence-electron chi connectivity index (χ2n) is 4.81. The van der Waals surface area contributed by atoms with Crippen LogP contribution in [0.15, 0.2) is 54.6 Å². The summed E-state index contributed by atoms with van der Waals surface area (Å²) in [6.07, 6.45) is 6.36. The normalized spacial score (nSPS) is 11.3. The Morgan fingerprint density at radius 3 is 2.46 bits per heavy atom. The maximum absolute atomic E-state index is 12.0. The number of hydrogen-bond donors (Lipinski definition) is 0. The number of carbonyl (C=O) groups excluding carboxylic acids is 1. The molecule has 0 saturated heterocycles. The van der Waals surface area contributed by atoms with Gasteiger partial charge in [-0.05, 0) is 48.1 Å². The highest BCUT2D eigenvalue weighted by Gasteiger charge is 2.01. The van der Waals surface area contributed by atoms with Crippen LogP contribution >= 0.6 is 39.1 Å². The van der Waals surface area contributed by atoms with Crippen LogP contribution < -0.4 is 4.74 Å². The molecule has 0 radical (unpaired) electrons. The van der Waals surface area contributed by atoms with Crippen molar-refractivity contribution in [2.75, 3.05) is 11.9 Å². The number of benzene rings is 2. The molecule has 0 aliphatic heterocycles. The number of alkyl halides is 1. The van der Waals surface area contributed by atoms with Crippen LogP contribution in [0, 0.1) is 0 Å². The van der Waals surface area contributed by atoms with Gasteiger partial charge in [-0.2, -0.15) is 0 Å². The molecule has 0 unspecified atom stereocenters. The van der Waals surface area contributed by atoms with Crippen molar-refractivity contribution >= 4 is 57.1 Å². The molecule has 2 aromatic carbocycles. The van der Waals surface area contributed by atoms with Gasteiger partial charge in [0.1, 0.15) is 5.75 Å². The molecule has 0 heterocycles. The monoisotopic (exact) mass is 424 g/mol. The number of hydrogen-bond acceptors (Lipinski definition) is 2. The van der Waals surface area contributed by atoms with Crippen LogP contribution in [-0.2, 0) is 4.79 Å². The SMILES string of the molecule is O=C(C=Cc1ccc(Cl)cc1Cl)C=Cc1ccccc1OCCBr.